The van der Waals surface area contributed by atoms with E-state index in [2.05, 4.69) is 6.58 Å². The minimum absolute atomic E-state index is 0.0488. The molecule has 2 rings (SSSR count). The van der Waals surface area contributed by atoms with Crippen LogP contribution < -0.4 is 0 Å². The lowest BCUT2D eigenvalue weighted by Crippen LogP contribution is -2.37. The molecule has 1 saturated heterocycles. The van der Waals surface area contributed by atoms with Gasteiger partial charge in [0.05, 0.1) is 5.60 Å². The van der Waals surface area contributed by atoms with Gasteiger partial charge < -0.3 is 14.6 Å². The number of ketones is 1. The quantitative estimate of drug-likeness (QED) is 0.790. The average Bonchev–Trinajstić information content (AvgIpc) is 2.70. The number of hydrogen-bond donors (Lipinski definition) is 1. The van der Waals surface area contributed by atoms with Gasteiger partial charge in [0, 0.05) is 12.0 Å². The third-order valence-electron chi connectivity index (χ3n) is 3.38. The zero-order valence-corrected chi connectivity index (χ0v) is 11.4. The number of aliphatic hydroxyl groups is 1. The van der Waals surface area contributed by atoms with Crippen LogP contribution in [-0.4, -0.2) is 28.9 Å². The molecule has 4 heteroatoms. The van der Waals surface area contributed by atoms with Gasteiger partial charge in [0.25, 0.3) is 0 Å². The van der Waals surface area contributed by atoms with Crippen LogP contribution in [0.15, 0.2) is 36.6 Å². The molecule has 19 heavy (non-hydrogen) atoms. The smallest absolute Gasteiger partial charge is 0.190 e. The van der Waals surface area contributed by atoms with Crippen LogP contribution in [0.3, 0.4) is 0 Å². The number of hydrogen-bond acceptors (Lipinski definition) is 4. The summed E-state index contributed by atoms with van der Waals surface area (Å²) in [4.78, 5) is 11.9. The summed E-state index contributed by atoms with van der Waals surface area (Å²) in [5, 5.41) is 9.80. The second kappa shape index (κ2) is 4.94. The van der Waals surface area contributed by atoms with Gasteiger partial charge in [-0.3, -0.25) is 4.79 Å². The van der Waals surface area contributed by atoms with Crippen molar-refractivity contribution in [3.8, 4) is 0 Å². The first-order valence-electron chi connectivity index (χ1n) is 6.43. The van der Waals surface area contributed by atoms with Crippen molar-refractivity contribution >= 4 is 5.78 Å². The SMILES string of the molecule is C=CCC1C[C@]2(/C=C/C(C)(C)O)OCOC2=CC1=O. The van der Waals surface area contributed by atoms with Crippen LogP contribution >= 0.6 is 0 Å². The molecule has 0 aromatic rings. The maximum atomic E-state index is 11.9. The van der Waals surface area contributed by atoms with Gasteiger partial charge in [-0.15, -0.1) is 6.58 Å². The Morgan fingerprint density at radius 2 is 2.37 bits per heavy atom. The fourth-order valence-electron chi connectivity index (χ4n) is 2.37. The third kappa shape index (κ3) is 2.96. The highest BCUT2D eigenvalue weighted by Crippen LogP contribution is 2.41. The fourth-order valence-corrected chi connectivity index (χ4v) is 2.37. The number of carbonyl (C=O) groups excluding carboxylic acids is 1. The molecular weight excluding hydrogens is 244 g/mol. The summed E-state index contributed by atoms with van der Waals surface area (Å²) in [5.41, 5.74) is -1.65. The van der Waals surface area contributed by atoms with Crippen LogP contribution in [0, 0.1) is 5.92 Å². The molecule has 4 nitrogen and oxygen atoms in total. The second-order valence-electron chi connectivity index (χ2n) is 5.62. The Bertz CT molecular complexity index is 442. The zero-order chi connectivity index (χ0) is 14.1. The van der Waals surface area contributed by atoms with Crippen molar-refractivity contribution in [2.75, 3.05) is 6.79 Å². The van der Waals surface area contributed by atoms with Crippen molar-refractivity contribution < 1.29 is 19.4 Å². The second-order valence-corrected chi connectivity index (χ2v) is 5.62. The maximum absolute atomic E-state index is 11.9. The van der Waals surface area contributed by atoms with E-state index in [0.29, 0.717) is 18.6 Å². The molecule has 1 aliphatic carbocycles. The normalized spacial score (nSPS) is 31.0. The van der Waals surface area contributed by atoms with Crippen molar-refractivity contribution in [1.29, 1.82) is 0 Å². The molecule has 1 unspecified atom stereocenters. The highest BCUT2D eigenvalue weighted by Gasteiger charge is 2.46. The van der Waals surface area contributed by atoms with Gasteiger partial charge in [-0.25, -0.2) is 0 Å². The lowest BCUT2D eigenvalue weighted by atomic mass is 9.78. The highest BCUT2D eigenvalue weighted by atomic mass is 16.7. The Balaban J connectivity index is 2.31. The number of carbonyl (C=O) groups is 1. The molecule has 1 heterocycles. The van der Waals surface area contributed by atoms with Crippen molar-refractivity contribution in [3.63, 3.8) is 0 Å². The Labute approximate surface area is 113 Å². The first-order valence-corrected chi connectivity index (χ1v) is 6.43. The lowest BCUT2D eigenvalue weighted by Gasteiger charge is -2.31. The van der Waals surface area contributed by atoms with Crippen molar-refractivity contribution in [1.82, 2.24) is 0 Å². The molecule has 2 atom stereocenters. The molecular formula is C15H20O4. The summed E-state index contributed by atoms with van der Waals surface area (Å²) >= 11 is 0. The van der Waals surface area contributed by atoms with Gasteiger partial charge in [-0.2, -0.15) is 0 Å². The summed E-state index contributed by atoms with van der Waals surface area (Å²) in [5.74, 6) is 0.445. The van der Waals surface area contributed by atoms with E-state index in [9.17, 15) is 9.90 Å². The van der Waals surface area contributed by atoms with E-state index in [-0.39, 0.29) is 18.5 Å². The van der Waals surface area contributed by atoms with Crippen molar-refractivity contribution in [3.05, 3.63) is 36.6 Å². The molecule has 0 radical (unpaired) electrons. The van der Waals surface area contributed by atoms with E-state index in [0.717, 1.165) is 0 Å². The maximum Gasteiger partial charge on any atom is 0.190 e. The van der Waals surface area contributed by atoms with E-state index < -0.39 is 11.2 Å². The third-order valence-corrected chi connectivity index (χ3v) is 3.38. The van der Waals surface area contributed by atoms with E-state index in [1.165, 1.54) is 6.08 Å². The van der Waals surface area contributed by atoms with Crippen LogP contribution in [0.2, 0.25) is 0 Å². The zero-order valence-electron chi connectivity index (χ0n) is 11.4. The number of fused-ring (bicyclic) bond motifs is 1. The lowest BCUT2D eigenvalue weighted by molar-refractivity contribution is -0.120. The van der Waals surface area contributed by atoms with E-state index in [4.69, 9.17) is 9.47 Å². The van der Waals surface area contributed by atoms with Crippen LogP contribution in [0.1, 0.15) is 26.7 Å². The molecule has 0 bridgehead atoms. The van der Waals surface area contributed by atoms with E-state index in [1.807, 2.05) is 0 Å². The molecule has 1 fully saturated rings. The molecule has 0 spiro atoms. The first-order chi connectivity index (χ1) is 8.86. The highest BCUT2D eigenvalue weighted by molar-refractivity contribution is 5.94. The van der Waals surface area contributed by atoms with Gasteiger partial charge in [0.15, 0.2) is 12.6 Å². The number of allylic oxidation sites excluding steroid dienone is 2. The Hall–Kier alpha value is -1.39. The molecule has 0 aromatic carbocycles. The Morgan fingerprint density at radius 3 is 3.00 bits per heavy atom. The van der Waals surface area contributed by atoms with Gasteiger partial charge in [0.2, 0.25) is 0 Å². The first kappa shape index (κ1) is 14.0. The van der Waals surface area contributed by atoms with Crippen LogP contribution in [0.4, 0.5) is 0 Å². The summed E-state index contributed by atoms with van der Waals surface area (Å²) in [6.07, 6.45) is 7.87. The van der Waals surface area contributed by atoms with Gasteiger partial charge in [0.1, 0.15) is 11.4 Å². The molecule has 0 saturated carbocycles. The summed E-state index contributed by atoms with van der Waals surface area (Å²) in [7, 11) is 0. The molecule has 1 N–H and O–H groups in total. The fraction of sp³-hybridized carbons (Fsp3) is 0.533. The van der Waals surface area contributed by atoms with Gasteiger partial charge in [-0.05, 0) is 32.8 Å². The molecule has 1 aliphatic heterocycles. The van der Waals surface area contributed by atoms with Crippen molar-refractivity contribution in [2.45, 2.75) is 37.9 Å². The minimum Gasteiger partial charge on any atom is -0.468 e. The number of rotatable bonds is 4. The Morgan fingerprint density at radius 1 is 1.63 bits per heavy atom. The van der Waals surface area contributed by atoms with E-state index in [1.54, 1.807) is 32.1 Å². The van der Waals surface area contributed by atoms with Crippen LogP contribution in [0.5, 0.6) is 0 Å². The Kier molecular flexibility index (Phi) is 3.65. The van der Waals surface area contributed by atoms with Gasteiger partial charge >= 0.3 is 0 Å². The van der Waals surface area contributed by atoms with Gasteiger partial charge in [-0.1, -0.05) is 12.2 Å². The van der Waals surface area contributed by atoms with E-state index >= 15 is 0 Å². The molecule has 2 aliphatic rings. The summed E-state index contributed by atoms with van der Waals surface area (Å²) < 4.78 is 11.1. The summed E-state index contributed by atoms with van der Waals surface area (Å²) in [6, 6.07) is 0. The van der Waals surface area contributed by atoms with Crippen LogP contribution in [0.25, 0.3) is 0 Å². The molecule has 0 aromatic heterocycles. The van der Waals surface area contributed by atoms with Crippen molar-refractivity contribution in [2.24, 2.45) is 5.92 Å². The van der Waals surface area contributed by atoms with Crippen LogP contribution in [-0.2, 0) is 14.3 Å². The predicted octanol–water partition coefficient (Wildman–Crippen LogP) is 2.11. The summed E-state index contributed by atoms with van der Waals surface area (Å²) in [6.45, 7) is 7.19. The predicted molar refractivity (Wildman–Crippen MR) is 71.2 cm³/mol. The molecule has 0 amide bonds. The largest absolute Gasteiger partial charge is 0.468 e. The number of ether oxygens (including phenoxy) is 2. The molecule has 104 valence electrons. The topological polar surface area (TPSA) is 55.8 Å². The standard InChI is InChI=1S/C15H20O4/c1-4-5-11-9-15(7-6-14(2,3)17)13(8-12(11)16)18-10-19-15/h4,6-8,11,17H,1,5,9-10H2,2-3H3/b7-6+/t11?,15-/m0/s1. The monoisotopic (exact) mass is 264 g/mol. The minimum atomic E-state index is -0.929. The average molecular weight is 264 g/mol.